The maximum Gasteiger partial charge on any atom is 0.180 e. The summed E-state index contributed by atoms with van der Waals surface area (Å²) >= 11 is 6.17. The van der Waals surface area contributed by atoms with Gasteiger partial charge in [-0.25, -0.2) is 0 Å². The topological polar surface area (TPSA) is 43.1 Å². The van der Waals surface area contributed by atoms with E-state index in [1.54, 1.807) is 12.4 Å². The molecule has 0 N–H and O–H groups in total. The number of hydrogen-bond donors (Lipinski definition) is 0. The van der Waals surface area contributed by atoms with Gasteiger partial charge in [0.1, 0.15) is 11.0 Å². The van der Waals surface area contributed by atoms with E-state index < -0.39 is 0 Å². The van der Waals surface area contributed by atoms with Crippen molar-refractivity contribution in [2.45, 2.75) is 44.9 Å². The number of hydrogen-bond acceptors (Lipinski definition) is 3. The zero-order chi connectivity index (χ0) is 12.4. The predicted molar refractivity (Wildman–Crippen MR) is 70.7 cm³/mol. The lowest BCUT2D eigenvalue weighted by molar-refractivity contribution is 0.446. The quantitative estimate of drug-likeness (QED) is 0.782. The highest BCUT2D eigenvalue weighted by Gasteiger charge is 2.17. The van der Waals surface area contributed by atoms with Gasteiger partial charge in [-0.3, -0.25) is 9.38 Å². The second-order valence-corrected chi connectivity index (χ2v) is 5.49. The van der Waals surface area contributed by atoms with Gasteiger partial charge in [0.05, 0.1) is 12.4 Å². The summed E-state index contributed by atoms with van der Waals surface area (Å²) < 4.78 is 1.92. The Morgan fingerprint density at radius 3 is 2.67 bits per heavy atom. The van der Waals surface area contributed by atoms with Crippen molar-refractivity contribution in [3.63, 3.8) is 0 Å². The third kappa shape index (κ3) is 2.34. The third-order valence-corrected chi connectivity index (χ3v) is 4.05. The number of fused-ring (bicyclic) bond motifs is 1. The maximum atomic E-state index is 6.17. The molecule has 1 aliphatic rings. The van der Waals surface area contributed by atoms with Crippen molar-refractivity contribution in [1.82, 2.24) is 19.6 Å². The normalized spacial score (nSPS) is 18.1. The maximum absolute atomic E-state index is 6.17. The predicted octanol–water partition coefficient (Wildman–Crippen LogP) is 3.29. The van der Waals surface area contributed by atoms with E-state index in [2.05, 4.69) is 15.2 Å². The molecule has 0 radical (unpaired) electrons. The van der Waals surface area contributed by atoms with Crippen molar-refractivity contribution in [3.05, 3.63) is 23.4 Å². The molecule has 2 aromatic heterocycles. The van der Waals surface area contributed by atoms with Crippen LogP contribution in [0.1, 0.15) is 44.3 Å². The van der Waals surface area contributed by atoms with Crippen LogP contribution in [0.3, 0.4) is 0 Å². The third-order valence-electron chi connectivity index (χ3n) is 3.79. The summed E-state index contributed by atoms with van der Waals surface area (Å²) in [4.78, 5) is 4.03. The lowest BCUT2D eigenvalue weighted by Gasteiger charge is -2.12. The molecule has 0 amide bonds. The summed E-state index contributed by atoms with van der Waals surface area (Å²) in [6, 6.07) is 0. The van der Waals surface area contributed by atoms with Gasteiger partial charge in [-0.15, -0.1) is 10.2 Å². The van der Waals surface area contributed by atoms with Crippen LogP contribution in [0.2, 0.25) is 5.15 Å². The summed E-state index contributed by atoms with van der Waals surface area (Å²) in [5.41, 5.74) is 0.742. The molecular weight excluding hydrogens is 248 g/mol. The zero-order valence-electron chi connectivity index (χ0n) is 10.3. The van der Waals surface area contributed by atoms with E-state index in [4.69, 9.17) is 11.6 Å². The zero-order valence-corrected chi connectivity index (χ0v) is 11.1. The second-order valence-electron chi connectivity index (χ2n) is 5.10. The first-order valence-electron chi connectivity index (χ1n) is 6.68. The van der Waals surface area contributed by atoms with Crippen LogP contribution in [0.25, 0.3) is 5.65 Å². The van der Waals surface area contributed by atoms with E-state index in [-0.39, 0.29) is 0 Å². The van der Waals surface area contributed by atoms with Gasteiger partial charge in [0, 0.05) is 6.42 Å². The van der Waals surface area contributed by atoms with Crippen molar-refractivity contribution < 1.29 is 0 Å². The molecule has 18 heavy (non-hydrogen) atoms. The molecule has 3 rings (SSSR count). The lowest BCUT2D eigenvalue weighted by Crippen LogP contribution is -2.07. The summed E-state index contributed by atoms with van der Waals surface area (Å²) in [5, 5.41) is 9.00. The van der Waals surface area contributed by atoms with Crippen molar-refractivity contribution in [1.29, 1.82) is 0 Å². The van der Waals surface area contributed by atoms with Crippen molar-refractivity contribution >= 4 is 17.2 Å². The number of halogens is 1. The molecule has 2 aromatic rings. The van der Waals surface area contributed by atoms with E-state index in [9.17, 15) is 0 Å². The van der Waals surface area contributed by atoms with Crippen LogP contribution in [0.4, 0.5) is 0 Å². The van der Waals surface area contributed by atoms with Crippen LogP contribution >= 0.6 is 11.6 Å². The molecule has 0 saturated heterocycles. The molecule has 0 atom stereocenters. The van der Waals surface area contributed by atoms with Gasteiger partial charge >= 0.3 is 0 Å². The van der Waals surface area contributed by atoms with Crippen LogP contribution in [0.5, 0.6) is 0 Å². The Hall–Kier alpha value is -1.16. The fourth-order valence-corrected chi connectivity index (χ4v) is 3.07. The highest BCUT2D eigenvalue weighted by Crippen LogP contribution is 2.26. The molecule has 1 aliphatic carbocycles. The molecule has 2 heterocycles. The Balaban J connectivity index is 1.85. The van der Waals surface area contributed by atoms with Crippen LogP contribution in [-0.2, 0) is 6.42 Å². The number of nitrogens with zero attached hydrogens (tertiary/aromatic N) is 4. The minimum Gasteiger partial charge on any atom is -0.266 e. The Kier molecular flexibility index (Phi) is 3.46. The van der Waals surface area contributed by atoms with E-state index in [0.29, 0.717) is 5.15 Å². The van der Waals surface area contributed by atoms with Gasteiger partial charge < -0.3 is 0 Å². The van der Waals surface area contributed by atoms with Crippen molar-refractivity contribution in [3.8, 4) is 0 Å². The van der Waals surface area contributed by atoms with Gasteiger partial charge in [-0.1, -0.05) is 50.1 Å². The molecule has 0 aliphatic heterocycles. The standard InChI is InChI=1S/C13H17ClN4/c14-11-8-15-9-13-17-16-12(18(11)13)7-10-5-3-1-2-4-6-10/h8-10H,1-7H2. The van der Waals surface area contributed by atoms with E-state index >= 15 is 0 Å². The second kappa shape index (κ2) is 5.22. The van der Waals surface area contributed by atoms with E-state index in [1.165, 1.54) is 38.5 Å². The molecule has 1 saturated carbocycles. The SMILES string of the molecule is Clc1cncc2nnc(CC3CCCCCC3)n12. The van der Waals surface area contributed by atoms with Crippen LogP contribution in [0.15, 0.2) is 12.4 Å². The van der Waals surface area contributed by atoms with Gasteiger partial charge in [0.15, 0.2) is 5.65 Å². The van der Waals surface area contributed by atoms with Crippen LogP contribution in [-0.4, -0.2) is 19.6 Å². The lowest BCUT2D eigenvalue weighted by atomic mass is 9.96. The largest absolute Gasteiger partial charge is 0.266 e. The Labute approximate surface area is 111 Å². The highest BCUT2D eigenvalue weighted by atomic mass is 35.5. The van der Waals surface area contributed by atoms with Crippen molar-refractivity contribution in [2.75, 3.05) is 0 Å². The van der Waals surface area contributed by atoms with E-state index in [0.717, 1.165) is 23.8 Å². The first-order valence-corrected chi connectivity index (χ1v) is 7.06. The molecular formula is C13H17ClN4. The monoisotopic (exact) mass is 264 g/mol. The summed E-state index contributed by atoms with van der Waals surface area (Å²) in [7, 11) is 0. The van der Waals surface area contributed by atoms with Crippen LogP contribution < -0.4 is 0 Å². The fourth-order valence-electron chi connectivity index (χ4n) is 2.83. The average Bonchev–Trinajstić information content (AvgIpc) is 2.60. The molecule has 0 spiro atoms. The van der Waals surface area contributed by atoms with Crippen LogP contribution in [0, 0.1) is 5.92 Å². The number of rotatable bonds is 2. The van der Waals surface area contributed by atoms with Gasteiger partial charge in [-0.2, -0.15) is 0 Å². The first-order chi connectivity index (χ1) is 8.84. The number of aromatic nitrogens is 4. The molecule has 5 heteroatoms. The van der Waals surface area contributed by atoms with E-state index in [1.807, 2.05) is 4.40 Å². The Bertz CT molecular complexity index is 529. The first kappa shape index (κ1) is 11.9. The molecule has 4 nitrogen and oxygen atoms in total. The Morgan fingerprint density at radius 2 is 1.89 bits per heavy atom. The molecule has 0 aromatic carbocycles. The molecule has 1 fully saturated rings. The molecule has 0 unspecified atom stereocenters. The average molecular weight is 265 g/mol. The minimum atomic E-state index is 0.598. The van der Waals surface area contributed by atoms with Crippen molar-refractivity contribution in [2.24, 2.45) is 5.92 Å². The summed E-state index contributed by atoms with van der Waals surface area (Å²) in [6.45, 7) is 0. The molecule has 96 valence electrons. The minimum absolute atomic E-state index is 0.598. The smallest absolute Gasteiger partial charge is 0.180 e. The van der Waals surface area contributed by atoms with Gasteiger partial charge in [0.25, 0.3) is 0 Å². The Morgan fingerprint density at radius 1 is 1.11 bits per heavy atom. The van der Waals surface area contributed by atoms with Gasteiger partial charge in [0.2, 0.25) is 0 Å². The summed E-state index contributed by atoms with van der Waals surface area (Å²) in [5.74, 6) is 1.70. The van der Waals surface area contributed by atoms with Gasteiger partial charge in [-0.05, 0) is 5.92 Å². The summed E-state index contributed by atoms with van der Waals surface area (Å²) in [6.07, 6.45) is 12.4. The highest BCUT2D eigenvalue weighted by molar-refractivity contribution is 6.29. The molecule has 0 bridgehead atoms. The fraction of sp³-hybridized carbons (Fsp3) is 0.615.